The van der Waals surface area contributed by atoms with Crippen LogP contribution in [0.3, 0.4) is 0 Å². The van der Waals surface area contributed by atoms with Gasteiger partial charge in [0.15, 0.2) is 0 Å². The molecule has 0 radical (unpaired) electrons. The Morgan fingerprint density at radius 2 is 1.91 bits per heavy atom. The maximum atomic E-state index is 12.7. The molecular weight excluding hydrogens is 288 g/mol. The number of nitrogens with one attached hydrogen (secondary N) is 1. The number of pyridine rings is 1. The van der Waals surface area contributed by atoms with Gasteiger partial charge in [-0.2, -0.15) is 5.10 Å². The van der Waals surface area contributed by atoms with Gasteiger partial charge in [0, 0.05) is 17.6 Å². The average molecular weight is 306 g/mol. The number of carbonyl (C=O) groups is 1. The molecule has 4 rings (SSSR count). The Morgan fingerprint density at radius 1 is 1.09 bits per heavy atom. The molecule has 0 spiro atoms. The predicted octanol–water partition coefficient (Wildman–Crippen LogP) is 3.80. The summed E-state index contributed by atoms with van der Waals surface area (Å²) in [5.41, 5.74) is 1.46. The van der Waals surface area contributed by atoms with Gasteiger partial charge < -0.3 is 5.32 Å². The van der Waals surface area contributed by atoms with E-state index in [1.807, 2.05) is 35.0 Å². The molecule has 1 aliphatic rings. The highest BCUT2D eigenvalue weighted by molar-refractivity contribution is 6.11. The molecule has 5 heteroatoms. The maximum absolute atomic E-state index is 12.7. The molecule has 0 unspecified atom stereocenters. The van der Waals surface area contributed by atoms with Gasteiger partial charge in [-0.25, -0.2) is 4.68 Å². The minimum Gasteiger partial charge on any atom is -0.307 e. The smallest absolute Gasteiger partial charge is 0.257 e. The number of benzene rings is 1. The van der Waals surface area contributed by atoms with Crippen molar-refractivity contribution in [2.45, 2.75) is 31.7 Å². The van der Waals surface area contributed by atoms with E-state index in [-0.39, 0.29) is 5.91 Å². The van der Waals surface area contributed by atoms with Gasteiger partial charge in [-0.15, -0.1) is 0 Å². The SMILES string of the molecule is O=C(Nc1ccnn1C1CCCC1)c1ccnc2ccccc12. The first-order chi connectivity index (χ1) is 11.3. The fourth-order valence-corrected chi connectivity index (χ4v) is 3.33. The second-order valence-corrected chi connectivity index (χ2v) is 5.93. The van der Waals surface area contributed by atoms with Gasteiger partial charge >= 0.3 is 0 Å². The van der Waals surface area contributed by atoms with Gasteiger partial charge in [-0.05, 0) is 25.0 Å². The quantitative estimate of drug-likeness (QED) is 0.800. The standard InChI is InChI=1S/C18H18N4O/c23-18(15-9-11-19-16-8-4-3-7-14(15)16)21-17-10-12-20-22(17)13-5-1-2-6-13/h3-4,7-13H,1-2,5-6H2,(H,21,23). The lowest BCUT2D eigenvalue weighted by atomic mass is 10.1. The number of aromatic nitrogens is 3. The molecule has 0 aliphatic heterocycles. The fourth-order valence-electron chi connectivity index (χ4n) is 3.33. The Hall–Kier alpha value is -2.69. The maximum Gasteiger partial charge on any atom is 0.257 e. The van der Waals surface area contributed by atoms with Crippen LogP contribution >= 0.6 is 0 Å². The van der Waals surface area contributed by atoms with Crippen LogP contribution < -0.4 is 5.32 Å². The molecule has 2 heterocycles. The highest BCUT2D eigenvalue weighted by Gasteiger charge is 2.21. The Labute approximate surface area is 134 Å². The van der Waals surface area contributed by atoms with E-state index in [1.54, 1.807) is 18.5 Å². The van der Waals surface area contributed by atoms with Gasteiger partial charge in [0.2, 0.25) is 0 Å². The van der Waals surface area contributed by atoms with E-state index in [1.165, 1.54) is 12.8 Å². The molecule has 1 amide bonds. The number of hydrogen-bond donors (Lipinski definition) is 1. The van der Waals surface area contributed by atoms with E-state index in [4.69, 9.17) is 0 Å². The Bertz CT molecular complexity index is 844. The van der Waals surface area contributed by atoms with Crippen LogP contribution in [-0.4, -0.2) is 20.7 Å². The van der Waals surface area contributed by atoms with Crippen LogP contribution in [0.2, 0.25) is 0 Å². The van der Waals surface area contributed by atoms with Crippen molar-refractivity contribution >= 4 is 22.6 Å². The summed E-state index contributed by atoms with van der Waals surface area (Å²) in [6.07, 6.45) is 8.13. The number of amides is 1. The molecule has 116 valence electrons. The zero-order valence-electron chi connectivity index (χ0n) is 12.8. The number of anilines is 1. The Kier molecular flexibility index (Phi) is 3.54. The first-order valence-corrected chi connectivity index (χ1v) is 8.01. The summed E-state index contributed by atoms with van der Waals surface area (Å²) in [7, 11) is 0. The molecular formula is C18H18N4O. The number of rotatable bonds is 3. The van der Waals surface area contributed by atoms with Crippen LogP contribution in [-0.2, 0) is 0 Å². The molecule has 1 fully saturated rings. The summed E-state index contributed by atoms with van der Waals surface area (Å²) >= 11 is 0. The summed E-state index contributed by atoms with van der Waals surface area (Å²) in [6.45, 7) is 0. The molecule has 5 nitrogen and oxygen atoms in total. The van der Waals surface area contributed by atoms with Crippen LogP contribution in [0, 0.1) is 0 Å². The number of para-hydroxylation sites is 1. The second kappa shape index (κ2) is 5.83. The van der Waals surface area contributed by atoms with Crippen molar-refractivity contribution in [1.82, 2.24) is 14.8 Å². The van der Waals surface area contributed by atoms with Crippen LogP contribution in [0.5, 0.6) is 0 Å². The van der Waals surface area contributed by atoms with Crippen molar-refractivity contribution in [2.75, 3.05) is 5.32 Å². The van der Waals surface area contributed by atoms with Crippen molar-refractivity contribution < 1.29 is 4.79 Å². The summed E-state index contributed by atoms with van der Waals surface area (Å²) in [5, 5.41) is 8.27. The van der Waals surface area contributed by atoms with Crippen molar-refractivity contribution in [2.24, 2.45) is 0 Å². The van der Waals surface area contributed by atoms with Crippen LogP contribution in [0.1, 0.15) is 42.1 Å². The lowest BCUT2D eigenvalue weighted by molar-refractivity contribution is 0.102. The lowest BCUT2D eigenvalue weighted by Gasteiger charge is -2.15. The Morgan fingerprint density at radius 3 is 2.78 bits per heavy atom. The van der Waals surface area contributed by atoms with Gasteiger partial charge in [0.1, 0.15) is 5.82 Å². The lowest BCUT2D eigenvalue weighted by Crippen LogP contribution is -2.18. The zero-order chi connectivity index (χ0) is 15.6. The molecule has 1 aliphatic carbocycles. The zero-order valence-corrected chi connectivity index (χ0v) is 12.8. The van der Waals surface area contributed by atoms with Crippen molar-refractivity contribution in [1.29, 1.82) is 0 Å². The van der Waals surface area contributed by atoms with E-state index in [0.29, 0.717) is 11.6 Å². The number of carbonyl (C=O) groups excluding carboxylic acids is 1. The number of nitrogens with zero attached hydrogens (tertiary/aromatic N) is 3. The van der Waals surface area contributed by atoms with Crippen LogP contribution in [0.4, 0.5) is 5.82 Å². The van der Waals surface area contributed by atoms with Gasteiger partial charge in [0.25, 0.3) is 5.91 Å². The molecule has 2 aromatic heterocycles. The molecule has 0 bridgehead atoms. The van der Waals surface area contributed by atoms with Crippen LogP contribution in [0.15, 0.2) is 48.8 Å². The summed E-state index contributed by atoms with van der Waals surface area (Å²) in [6, 6.07) is 11.7. The minimum atomic E-state index is -0.122. The van der Waals surface area contributed by atoms with E-state index in [0.717, 1.165) is 29.6 Å². The van der Waals surface area contributed by atoms with E-state index >= 15 is 0 Å². The predicted molar refractivity (Wildman–Crippen MR) is 89.4 cm³/mol. The third-order valence-corrected chi connectivity index (χ3v) is 4.48. The normalized spacial score (nSPS) is 15.1. The molecule has 23 heavy (non-hydrogen) atoms. The van der Waals surface area contributed by atoms with E-state index < -0.39 is 0 Å². The number of fused-ring (bicyclic) bond motifs is 1. The van der Waals surface area contributed by atoms with Gasteiger partial charge in [-0.1, -0.05) is 31.0 Å². The molecule has 0 atom stereocenters. The third kappa shape index (κ3) is 2.59. The highest BCUT2D eigenvalue weighted by Crippen LogP contribution is 2.31. The van der Waals surface area contributed by atoms with E-state index in [9.17, 15) is 4.79 Å². The fraction of sp³-hybridized carbons (Fsp3) is 0.278. The topological polar surface area (TPSA) is 59.8 Å². The Balaban J connectivity index is 1.64. The van der Waals surface area contributed by atoms with E-state index in [2.05, 4.69) is 15.4 Å². The first kappa shape index (κ1) is 13.9. The summed E-state index contributed by atoms with van der Waals surface area (Å²) < 4.78 is 1.95. The largest absolute Gasteiger partial charge is 0.307 e. The van der Waals surface area contributed by atoms with Crippen molar-refractivity contribution in [3.63, 3.8) is 0 Å². The molecule has 1 N–H and O–H groups in total. The molecule has 3 aromatic rings. The second-order valence-electron chi connectivity index (χ2n) is 5.93. The summed E-state index contributed by atoms with van der Waals surface area (Å²) in [4.78, 5) is 17.0. The average Bonchev–Trinajstić information content (AvgIpc) is 3.25. The summed E-state index contributed by atoms with van der Waals surface area (Å²) in [5.74, 6) is 0.645. The van der Waals surface area contributed by atoms with Crippen molar-refractivity contribution in [3.8, 4) is 0 Å². The minimum absolute atomic E-state index is 0.122. The molecule has 0 saturated heterocycles. The van der Waals surface area contributed by atoms with Crippen molar-refractivity contribution in [3.05, 3.63) is 54.4 Å². The highest BCUT2D eigenvalue weighted by atomic mass is 16.1. The van der Waals surface area contributed by atoms with Gasteiger partial charge in [-0.3, -0.25) is 9.78 Å². The third-order valence-electron chi connectivity index (χ3n) is 4.48. The van der Waals surface area contributed by atoms with Gasteiger partial charge in [0.05, 0.1) is 23.3 Å². The molecule has 1 aromatic carbocycles. The number of hydrogen-bond acceptors (Lipinski definition) is 3. The monoisotopic (exact) mass is 306 g/mol. The molecule has 1 saturated carbocycles. The first-order valence-electron chi connectivity index (χ1n) is 8.01. The van der Waals surface area contributed by atoms with Crippen LogP contribution in [0.25, 0.3) is 10.9 Å².